The van der Waals surface area contributed by atoms with Crippen LogP contribution in [0.5, 0.6) is 0 Å². The molecule has 344 valence electrons. The van der Waals surface area contributed by atoms with E-state index >= 15 is 0 Å². The first-order valence-electron chi connectivity index (χ1n) is 26.0. The number of anilines is 2. The minimum Gasteiger partial charge on any atom is -0.456 e. The second-order valence-electron chi connectivity index (χ2n) is 26.2. The van der Waals surface area contributed by atoms with Gasteiger partial charge in [0.05, 0.1) is 11.0 Å². The average Bonchev–Trinajstić information content (AvgIpc) is 3.92. The molecule has 3 aliphatic carbocycles. The average molecular weight is 901 g/mol. The first kappa shape index (κ1) is 41.9. The smallest absolute Gasteiger partial charge is 0.333 e. The quantitative estimate of drug-likeness (QED) is 0.153. The van der Waals surface area contributed by atoms with Crippen molar-refractivity contribution in [3.05, 3.63) is 148 Å². The highest BCUT2D eigenvalue weighted by atomic mass is 16.3. The van der Waals surface area contributed by atoms with Crippen LogP contribution in [0.2, 0.25) is 0 Å². The summed E-state index contributed by atoms with van der Waals surface area (Å²) in [4.78, 5) is 2.77. The summed E-state index contributed by atoms with van der Waals surface area (Å²) < 4.78 is 9.67. The number of hydrogen-bond acceptors (Lipinski definition) is 2. The van der Waals surface area contributed by atoms with Gasteiger partial charge in [0.1, 0.15) is 11.2 Å². The Morgan fingerprint density at radius 2 is 1.13 bits per heavy atom. The van der Waals surface area contributed by atoms with Crippen LogP contribution in [-0.4, -0.2) is 11.4 Å². The van der Waals surface area contributed by atoms with Gasteiger partial charge < -0.3 is 13.8 Å². The third-order valence-electron chi connectivity index (χ3n) is 18.8. The molecule has 9 aromatic rings. The summed E-state index contributed by atoms with van der Waals surface area (Å²) >= 11 is 0. The van der Waals surface area contributed by atoms with Crippen molar-refractivity contribution in [3.8, 4) is 27.9 Å². The minimum absolute atomic E-state index is 0.0283. The minimum atomic E-state index is -0.262. The zero-order chi connectivity index (χ0) is 47.9. The summed E-state index contributed by atoms with van der Waals surface area (Å²) in [5.41, 5.74) is 26.9. The molecule has 2 aromatic heterocycles. The molecule has 0 atom stereocenters. The van der Waals surface area contributed by atoms with Crippen LogP contribution >= 0.6 is 0 Å². The molecule has 0 saturated carbocycles. The SMILES string of the molecule is CC(C)(C)c1ccc(N2B3c4cc5oc6ccccc6c5cc4-n4c5cc6c(cc5c5c7c(c(c3c54)-c3cc4c(cc32)C(C)(C)CCC4(C)C)C(C)(C)c2ccccc2-7)C(C)(C)CCC6(C)C)cc1. The molecule has 0 spiro atoms. The third kappa shape index (κ3) is 5.26. The van der Waals surface area contributed by atoms with Gasteiger partial charge in [0, 0.05) is 49.6 Å². The van der Waals surface area contributed by atoms with E-state index in [-0.39, 0.29) is 39.3 Å². The molecule has 4 heteroatoms. The molecule has 69 heavy (non-hydrogen) atoms. The van der Waals surface area contributed by atoms with E-state index in [0.29, 0.717) is 0 Å². The van der Waals surface area contributed by atoms with E-state index in [9.17, 15) is 0 Å². The highest BCUT2D eigenvalue weighted by Gasteiger charge is 2.52. The monoisotopic (exact) mass is 901 g/mol. The molecule has 0 radical (unpaired) electrons. The van der Waals surface area contributed by atoms with Gasteiger partial charge in [-0.2, -0.15) is 0 Å². The van der Waals surface area contributed by atoms with E-state index in [1.165, 1.54) is 141 Å². The number of para-hydroxylation sites is 1. The molecule has 5 aliphatic rings. The van der Waals surface area contributed by atoms with E-state index in [2.05, 4.69) is 209 Å². The molecule has 2 aliphatic heterocycles. The van der Waals surface area contributed by atoms with Crippen molar-refractivity contribution in [3.63, 3.8) is 0 Å². The van der Waals surface area contributed by atoms with Crippen molar-refractivity contribution < 1.29 is 4.42 Å². The molecule has 4 heterocycles. The lowest BCUT2D eigenvalue weighted by Crippen LogP contribution is -2.61. The third-order valence-corrected chi connectivity index (χ3v) is 18.8. The summed E-state index contributed by atoms with van der Waals surface area (Å²) in [6, 6.07) is 43.4. The van der Waals surface area contributed by atoms with Gasteiger partial charge in [0.25, 0.3) is 0 Å². The fraction of sp³-hybridized carbons (Fsp3) is 0.354. The zero-order valence-corrected chi connectivity index (χ0v) is 43.1. The van der Waals surface area contributed by atoms with Gasteiger partial charge in [-0.3, -0.25) is 0 Å². The second kappa shape index (κ2) is 12.9. The van der Waals surface area contributed by atoms with E-state index < -0.39 is 0 Å². The fourth-order valence-corrected chi connectivity index (χ4v) is 14.6. The molecule has 0 N–H and O–H groups in total. The molecule has 0 amide bonds. The van der Waals surface area contributed by atoms with Crippen molar-refractivity contribution >= 4 is 72.9 Å². The molecule has 0 saturated heterocycles. The van der Waals surface area contributed by atoms with Crippen molar-refractivity contribution in [2.75, 3.05) is 4.81 Å². The maximum atomic E-state index is 6.92. The Labute approximate surface area is 409 Å². The maximum Gasteiger partial charge on any atom is 0.333 e. The predicted octanol–water partition coefficient (Wildman–Crippen LogP) is 16.2. The van der Waals surface area contributed by atoms with E-state index in [4.69, 9.17) is 4.42 Å². The molecule has 0 unspecified atom stereocenters. The lowest BCUT2D eigenvalue weighted by Gasteiger charge is -2.47. The van der Waals surface area contributed by atoms with E-state index in [1.54, 1.807) is 0 Å². The Kier molecular flexibility index (Phi) is 7.81. The van der Waals surface area contributed by atoms with Crippen LogP contribution in [-0.2, 0) is 32.5 Å². The van der Waals surface area contributed by atoms with Crippen molar-refractivity contribution in [2.24, 2.45) is 0 Å². The Hall–Kier alpha value is -6.00. The van der Waals surface area contributed by atoms with E-state index in [1.807, 2.05) is 0 Å². The van der Waals surface area contributed by atoms with Gasteiger partial charge in [-0.25, -0.2) is 0 Å². The number of fused-ring (bicyclic) bond motifs is 18. The number of benzene rings is 7. The van der Waals surface area contributed by atoms with Crippen molar-refractivity contribution in [2.45, 2.75) is 148 Å². The number of furan rings is 1. The van der Waals surface area contributed by atoms with Crippen LogP contribution in [0.15, 0.2) is 114 Å². The van der Waals surface area contributed by atoms with Crippen LogP contribution in [0.4, 0.5) is 11.4 Å². The van der Waals surface area contributed by atoms with Crippen LogP contribution in [0, 0.1) is 0 Å². The summed E-state index contributed by atoms with van der Waals surface area (Å²) in [6.45, 7) is 31.8. The fourth-order valence-electron chi connectivity index (χ4n) is 14.6. The topological polar surface area (TPSA) is 21.3 Å². The molecule has 7 aromatic carbocycles. The summed E-state index contributed by atoms with van der Waals surface area (Å²) in [5, 5.41) is 5.13. The standard InChI is InChI=1S/C65H65BN2O/c1-60(2,3)36-22-24-37(25-23-36)68-50-34-47-45(62(6,7)27-29-64(47,10)11)31-42(50)56-57-54(39-19-14-16-20-43(39)65(57,12)13)55-41-30-44-46(63(8,9)28-26-61(44,4)5)33-49(41)67-51-32-40-38-18-15-17-21-52(38)69-53(40)35-48(51)66(68)58(56)59(55)67/h14-25,30-35H,26-29H2,1-13H3. The van der Waals surface area contributed by atoms with Crippen LogP contribution < -0.4 is 15.7 Å². The summed E-state index contributed by atoms with van der Waals surface area (Å²) in [5.74, 6) is 0. The second-order valence-corrected chi connectivity index (χ2v) is 26.2. The molecule has 0 fully saturated rings. The number of nitrogens with zero attached hydrogens (tertiary/aromatic N) is 2. The molecule has 14 rings (SSSR count). The number of rotatable bonds is 1. The Morgan fingerprint density at radius 1 is 0.522 bits per heavy atom. The van der Waals surface area contributed by atoms with Crippen LogP contribution in [0.25, 0.3) is 71.7 Å². The molecular weight excluding hydrogens is 836 g/mol. The highest BCUT2D eigenvalue weighted by molar-refractivity contribution is 6.94. The first-order chi connectivity index (χ1) is 32.6. The van der Waals surface area contributed by atoms with Crippen molar-refractivity contribution in [1.82, 2.24) is 4.57 Å². The van der Waals surface area contributed by atoms with Gasteiger partial charge in [-0.15, -0.1) is 0 Å². The number of aromatic nitrogens is 1. The Morgan fingerprint density at radius 3 is 1.81 bits per heavy atom. The molecule has 0 bridgehead atoms. The van der Waals surface area contributed by atoms with Gasteiger partial charge in [0.15, 0.2) is 0 Å². The van der Waals surface area contributed by atoms with Crippen LogP contribution in [0.3, 0.4) is 0 Å². The molecule has 3 nitrogen and oxygen atoms in total. The Balaban J connectivity index is 1.25. The van der Waals surface area contributed by atoms with Gasteiger partial charge >= 0.3 is 6.85 Å². The lowest BCUT2D eigenvalue weighted by molar-refractivity contribution is 0.332. The normalized spacial score (nSPS) is 19.4. The number of hydrogen-bond donors (Lipinski definition) is 0. The largest absolute Gasteiger partial charge is 0.456 e. The first-order valence-corrected chi connectivity index (χ1v) is 26.0. The zero-order valence-electron chi connectivity index (χ0n) is 43.1. The van der Waals surface area contributed by atoms with E-state index in [0.717, 1.165) is 17.6 Å². The van der Waals surface area contributed by atoms with Gasteiger partial charge in [-0.05, 0) is 174 Å². The molecular formula is C65H65BN2O. The van der Waals surface area contributed by atoms with Crippen molar-refractivity contribution in [1.29, 1.82) is 0 Å². The lowest BCUT2D eigenvalue weighted by atomic mass is 9.43. The summed E-state index contributed by atoms with van der Waals surface area (Å²) in [7, 11) is 0. The maximum absolute atomic E-state index is 6.92. The predicted molar refractivity (Wildman–Crippen MR) is 294 cm³/mol. The van der Waals surface area contributed by atoms with Crippen LogP contribution in [0.1, 0.15) is 155 Å². The summed E-state index contributed by atoms with van der Waals surface area (Å²) in [6.07, 6.45) is 4.67. The highest BCUT2D eigenvalue weighted by Crippen LogP contribution is 2.61. The Bertz CT molecular complexity index is 3800. The van der Waals surface area contributed by atoms with Gasteiger partial charge in [0.2, 0.25) is 0 Å². The van der Waals surface area contributed by atoms with Gasteiger partial charge in [-0.1, -0.05) is 145 Å².